The summed E-state index contributed by atoms with van der Waals surface area (Å²) in [6, 6.07) is 6.48. The third-order valence-electron chi connectivity index (χ3n) is 5.62. The minimum atomic E-state index is -0.758. The molecule has 0 N–H and O–H groups in total. The van der Waals surface area contributed by atoms with Gasteiger partial charge in [0, 0.05) is 37.4 Å². The molecule has 36 heavy (non-hydrogen) atoms. The molecule has 1 aliphatic rings. The number of thiazole rings is 1. The molecule has 0 saturated heterocycles. The molecule has 0 radical (unpaired) electrons. The standard InChI is InChI=1S/C22H23N5O7S.ClH/c1-3-24(4-2)5-6-25(21(28)14-9-15(26(29)30)11-16(10-14)27(31)32)22-23-17-12-18-19(13-20(17)35-22)34-8-7-33-18;/h9-13H,3-8H2,1-2H3;1H. The number of aromatic nitrogens is 1. The number of fused-ring (bicyclic) bond motifs is 2. The number of anilines is 1. The van der Waals surface area contributed by atoms with Crippen molar-refractivity contribution >= 4 is 56.4 Å². The molecule has 1 aliphatic heterocycles. The molecule has 0 fully saturated rings. The molecule has 0 aliphatic carbocycles. The second kappa shape index (κ2) is 11.5. The molecule has 3 aromatic rings. The van der Waals surface area contributed by atoms with Gasteiger partial charge >= 0.3 is 0 Å². The molecule has 0 spiro atoms. The number of nitro groups is 2. The fourth-order valence-corrected chi connectivity index (χ4v) is 4.72. The van der Waals surface area contributed by atoms with E-state index in [-0.39, 0.29) is 24.5 Å². The van der Waals surface area contributed by atoms with E-state index in [0.717, 1.165) is 36.0 Å². The number of likely N-dealkylation sites (N-methyl/N-ethyl adjacent to an activating group) is 1. The first-order valence-electron chi connectivity index (χ1n) is 11.0. The van der Waals surface area contributed by atoms with Gasteiger partial charge in [-0.25, -0.2) is 4.98 Å². The number of hydrogen-bond donors (Lipinski definition) is 0. The molecule has 12 nitrogen and oxygen atoms in total. The second-order valence-electron chi connectivity index (χ2n) is 7.70. The molecule has 14 heteroatoms. The van der Waals surface area contributed by atoms with E-state index in [2.05, 4.69) is 9.88 Å². The fourth-order valence-electron chi connectivity index (χ4n) is 3.72. The zero-order valence-corrected chi connectivity index (χ0v) is 21.2. The van der Waals surface area contributed by atoms with Crippen molar-refractivity contribution in [3.05, 3.63) is 56.1 Å². The molecular formula is C22H24ClN5O7S. The van der Waals surface area contributed by atoms with Gasteiger partial charge in [0.05, 0.1) is 31.7 Å². The van der Waals surface area contributed by atoms with E-state index in [1.807, 2.05) is 13.8 Å². The van der Waals surface area contributed by atoms with Gasteiger partial charge in [-0.1, -0.05) is 25.2 Å². The van der Waals surface area contributed by atoms with Gasteiger partial charge in [-0.3, -0.25) is 29.9 Å². The summed E-state index contributed by atoms with van der Waals surface area (Å²) in [6.45, 7) is 7.16. The monoisotopic (exact) mass is 537 g/mol. The van der Waals surface area contributed by atoms with Crippen LogP contribution in [-0.4, -0.2) is 65.0 Å². The Morgan fingerprint density at radius 3 is 2.11 bits per heavy atom. The zero-order chi connectivity index (χ0) is 25.1. The van der Waals surface area contributed by atoms with Crippen molar-refractivity contribution in [2.45, 2.75) is 13.8 Å². The summed E-state index contributed by atoms with van der Waals surface area (Å²) in [4.78, 5) is 42.9. The van der Waals surface area contributed by atoms with Gasteiger partial charge in [0.2, 0.25) is 0 Å². The largest absolute Gasteiger partial charge is 0.486 e. The van der Waals surface area contributed by atoms with Gasteiger partial charge < -0.3 is 14.4 Å². The lowest BCUT2D eigenvalue weighted by Gasteiger charge is -2.24. The Kier molecular flexibility index (Phi) is 8.61. The number of hydrogen-bond acceptors (Lipinski definition) is 10. The Bertz CT molecular complexity index is 1220. The van der Waals surface area contributed by atoms with Crippen LogP contribution >= 0.6 is 23.7 Å². The van der Waals surface area contributed by atoms with Gasteiger partial charge in [-0.05, 0) is 13.1 Å². The summed E-state index contributed by atoms with van der Waals surface area (Å²) in [5.74, 6) is 0.547. The van der Waals surface area contributed by atoms with Gasteiger partial charge in [0.1, 0.15) is 13.2 Å². The van der Waals surface area contributed by atoms with Crippen molar-refractivity contribution in [1.29, 1.82) is 0 Å². The molecule has 2 aromatic carbocycles. The van der Waals surface area contributed by atoms with Crippen molar-refractivity contribution in [2.75, 3.05) is 44.3 Å². The Balaban J connectivity index is 0.00000361. The predicted molar refractivity (Wildman–Crippen MR) is 137 cm³/mol. The van der Waals surface area contributed by atoms with Gasteiger partial charge in [0.15, 0.2) is 16.6 Å². The van der Waals surface area contributed by atoms with Crippen molar-refractivity contribution in [1.82, 2.24) is 9.88 Å². The third-order valence-corrected chi connectivity index (χ3v) is 6.66. The molecule has 1 amide bonds. The number of nitro benzene ring substituents is 2. The number of carbonyl (C=O) groups excluding carboxylic acids is 1. The van der Waals surface area contributed by atoms with Crippen LogP contribution in [-0.2, 0) is 0 Å². The number of benzene rings is 2. The third kappa shape index (κ3) is 5.64. The van der Waals surface area contributed by atoms with E-state index in [4.69, 9.17) is 9.47 Å². The summed E-state index contributed by atoms with van der Waals surface area (Å²) in [5.41, 5.74) is -0.606. The van der Waals surface area contributed by atoms with Crippen LogP contribution in [0.1, 0.15) is 24.2 Å². The lowest BCUT2D eigenvalue weighted by molar-refractivity contribution is -0.394. The number of rotatable bonds is 9. The summed E-state index contributed by atoms with van der Waals surface area (Å²) in [5, 5.41) is 23.1. The highest BCUT2D eigenvalue weighted by molar-refractivity contribution is 7.22. The van der Waals surface area contributed by atoms with Gasteiger partial charge in [-0.15, -0.1) is 12.4 Å². The maximum absolute atomic E-state index is 13.6. The molecule has 0 unspecified atom stereocenters. The van der Waals surface area contributed by atoms with E-state index in [1.165, 1.54) is 16.2 Å². The highest BCUT2D eigenvalue weighted by atomic mass is 35.5. The molecule has 0 bridgehead atoms. The van der Waals surface area contributed by atoms with Gasteiger partial charge in [-0.2, -0.15) is 0 Å². The van der Waals surface area contributed by atoms with E-state index in [1.54, 1.807) is 12.1 Å². The number of non-ortho nitro benzene ring substituents is 2. The van der Waals surface area contributed by atoms with Gasteiger partial charge in [0.25, 0.3) is 17.3 Å². The van der Waals surface area contributed by atoms with E-state index < -0.39 is 27.1 Å². The van der Waals surface area contributed by atoms with Crippen LogP contribution in [0.25, 0.3) is 10.2 Å². The quantitative estimate of drug-likeness (QED) is 0.288. The molecule has 0 saturated carbocycles. The summed E-state index contributed by atoms with van der Waals surface area (Å²) >= 11 is 1.26. The van der Waals surface area contributed by atoms with E-state index >= 15 is 0 Å². The summed E-state index contributed by atoms with van der Waals surface area (Å²) in [7, 11) is 0. The predicted octanol–water partition coefficient (Wildman–Crippen LogP) is 4.29. The number of ether oxygens (including phenoxy) is 2. The first kappa shape index (κ1) is 27.0. The number of carbonyl (C=O) groups is 1. The fraction of sp³-hybridized carbons (Fsp3) is 0.364. The van der Waals surface area contributed by atoms with Crippen LogP contribution in [0.2, 0.25) is 0 Å². The van der Waals surface area contributed by atoms with Crippen molar-refractivity contribution in [3.8, 4) is 11.5 Å². The normalized spacial score (nSPS) is 12.3. The first-order valence-corrected chi connectivity index (χ1v) is 11.8. The van der Waals surface area contributed by atoms with Crippen LogP contribution in [0.15, 0.2) is 30.3 Å². The van der Waals surface area contributed by atoms with Crippen LogP contribution in [0.4, 0.5) is 16.5 Å². The lowest BCUT2D eigenvalue weighted by Crippen LogP contribution is -2.38. The minimum Gasteiger partial charge on any atom is -0.486 e. The average Bonchev–Trinajstić information content (AvgIpc) is 3.26. The molecule has 192 valence electrons. The van der Waals surface area contributed by atoms with E-state index in [9.17, 15) is 25.0 Å². The summed E-state index contributed by atoms with van der Waals surface area (Å²) in [6.07, 6.45) is 0. The number of nitrogens with zero attached hydrogens (tertiary/aromatic N) is 5. The van der Waals surface area contributed by atoms with Crippen LogP contribution in [0.5, 0.6) is 11.5 Å². The Morgan fingerprint density at radius 2 is 1.56 bits per heavy atom. The topological polar surface area (TPSA) is 141 Å². The van der Waals surface area contributed by atoms with Crippen molar-refractivity contribution in [2.24, 2.45) is 0 Å². The van der Waals surface area contributed by atoms with E-state index in [0.29, 0.717) is 41.9 Å². The van der Waals surface area contributed by atoms with Crippen molar-refractivity contribution < 1.29 is 24.1 Å². The Labute approximate surface area is 216 Å². The van der Waals surface area contributed by atoms with Crippen LogP contribution in [0.3, 0.4) is 0 Å². The highest BCUT2D eigenvalue weighted by Crippen LogP contribution is 2.39. The Hall–Kier alpha value is -3.55. The highest BCUT2D eigenvalue weighted by Gasteiger charge is 2.27. The second-order valence-corrected chi connectivity index (χ2v) is 8.71. The molecular weight excluding hydrogens is 514 g/mol. The zero-order valence-electron chi connectivity index (χ0n) is 19.5. The number of amides is 1. The van der Waals surface area contributed by atoms with Crippen molar-refractivity contribution in [3.63, 3.8) is 0 Å². The smallest absolute Gasteiger partial charge is 0.277 e. The molecule has 0 atom stereocenters. The molecule has 2 heterocycles. The lowest BCUT2D eigenvalue weighted by atomic mass is 10.1. The van der Waals surface area contributed by atoms with Crippen LogP contribution < -0.4 is 14.4 Å². The SMILES string of the molecule is CCN(CC)CCN(C(=O)c1cc([N+](=O)[O-])cc([N+](=O)[O-])c1)c1nc2cc3c(cc2s1)OCCO3.Cl. The first-order chi connectivity index (χ1) is 16.8. The number of halogens is 1. The average molecular weight is 538 g/mol. The molecule has 1 aromatic heterocycles. The maximum atomic E-state index is 13.6. The Morgan fingerprint density at radius 1 is 0.972 bits per heavy atom. The maximum Gasteiger partial charge on any atom is 0.277 e. The van der Waals surface area contributed by atoms with Crippen LogP contribution in [0, 0.1) is 20.2 Å². The molecule has 4 rings (SSSR count). The minimum absolute atomic E-state index is 0. The summed E-state index contributed by atoms with van der Waals surface area (Å²) < 4.78 is 12.0.